The molecule has 0 unspecified atom stereocenters. The standard InChI is InChI=1S/C23H24NOS/c1-3-10-21(11-4-1)26(22-12-5-2-6-13-22)23-14-8-7-9-20(23)19-24-15-17-25-18-16-24/h1-14H,15-19H2/q+1. The summed E-state index contributed by atoms with van der Waals surface area (Å²) in [4.78, 5) is 6.66. The van der Waals surface area contributed by atoms with E-state index < -0.39 is 0 Å². The van der Waals surface area contributed by atoms with Crippen molar-refractivity contribution in [3.63, 3.8) is 0 Å². The van der Waals surface area contributed by atoms with Crippen LogP contribution in [-0.2, 0) is 22.2 Å². The van der Waals surface area contributed by atoms with Crippen molar-refractivity contribution >= 4 is 10.9 Å². The second kappa shape index (κ2) is 8.54. The maximum atomic E-state index is 5.51. The van der Waals surface area contributed by atoms with Crippen molar-refractivity contribution in [3.8, 4) is 0 Å². The minimum absolute atomic E-state index is 0.0884. The van der Waals surface area contributed by atoms with Crippen LogP contribution in [-0.4, -0.2) is 31.2 Å². The Morgan fingerprint density at radius 2 is 1.23 bits per heavy atom. The van der Waals surface area contributed by atoms with Crippen molar-refractivity contribution in [2.24, 2.45) is 0 Å². The number of benzene rings is 3. The molecule has 1 heterocycles. The van der Waals surface area contributed by atoms with Gasteiger partial charge >= 0.3 is 0 Å². The average Bonchev–Trinajstić information content (AvgIpc) is 2.72. The van der Waals surface area contributed by atoms with E-state index in [9.17, 15) is 0 Å². The van der Waals surface area contributed by atoms with E-state index in [1.165, 1.54) is 20.2 Å². The third-order valence-electron chi connectivity index (χ3n) is 4.65. The fourth-order valence-electron chi connectivity index (χ4n) is 3.34. The van der Waals surface area contributed by atoms with Crippen molar-refractivity contribution < 1.29 is 4.74 Å². The lowest BCUT2D eigenvalue weighted by atomic mass is 10.2. The zero-order valence-electron chi connectivity index (χ0n) is 14.9. The molecule has 0 N–H and O–H groups in total. The Kier molecular flexibility index (Phi) is 5.70. The maximum absolute atomic E-state index is 5.51. The Morgan fingerprint density at radius 3 is 1.85 bits per heavy atom. The van der Waals surface area contributed by atoms with E-state index in [1.807, 2.05) is 0 Å². The van der Waals surface area contributed by atoms with Crippen LogP contribution in [0.3, 0.4) is 0 Å². The van der Waals surface area contributed by atoms with Crippen LogP contribution in [0.5, 0.6) is 0 Å². The van der Waals surface area contributed by atoms with Gasteiger partial charge in [0.2, 0.25) is 0 Å². The molecule has 2 nitrogen and oxygen atoms in total. The lowest BCUT2D eigenvalue weighted by Gasteiger charge is -2.27. The van der Waals surface area contributed by atoms with Gasteiger partial charge in [-0.1, -0.05) is 54.6 Å². The monoisotopic (exact) mass is 362 g/mol. The summed E-state index contributed by atoms with van der Waals surface area (Å²) in [5, 5.41) is 0. The minimum Gasteiger partial charge on any atom is -0.379 e. The molecule has 0 bridgehead atoms. The first-order chi connectivity index (χ1) is 12.9. The molecule has 0 amide bonds. The molecule has 3 aromatic carbocycles. The van der Waals surface area contributed by atoms with E-state index >= 15 is 0 Å². The highest BCUT2D eigenvalue weighted by molar-refractivity contribution is 7.97. The van der Waals surface area contributed by atoms with Gasteiger partial charge in [0.15, 0.2) is 14.7 Å². The molecule has 132 valence electrons. The molecular formula is C23H24NOS+. The van der Waals surface area contributed by atoms with Gasteiger partial charge in [0.1, 0.15) is 0 Å². The Hall–Kier alpha value is -2.07. The number of hydrogen-bond acceptors (Lipinski definition) is 2. The molecule has 1 fully saturated rings. The fourth-order valence-corrected chi connectivity index (χ4v) is 5.59. The van der Waals surface area contributed by atoms with Crippen molar-refractivity contribution in [3.05, 3.63) is 90.5 Å². The summed E-state index contributed by atoms with van der Waals surface area (Å²) in [6.07, 6.45) is 0. The molecule has 0 spiro atoms. The zero-order valence-corrected chi connectivity index (χ0v) is 15.7. The first-order valence-electron chi connectivity index (χ1n) is 9.14. The lowest BCUT2D eigenvalue weighted by Crippen LogP contribution is -2.36. The van der Waals surface area contributed by atoms with E-state index in [2.05, 4.69) is 89.8 Å². The first-order valence-corrected chi connectivity index (χ1v) is 10.4. The molecule has 0 aliphatic carbocycles. The van der Waals surface area contributed by atoms with Gasteiger partial charge in [-0.3, -0.25) is 4.90 Å². The van der Waals surface area contributed by atoms with Gasteiger partial charge < -0.3 is 4.74 Å². The van der Waals surface area contributed by atoms with Gasteiger partial charge in [-0.15, -0.1) is 0 Å². The minimum atomic E-state index is -0.0884. The number of morpholine rings is 1. The van der Waals surface area contributed by atoms with Crippen molar-refractivity contribution in [1.29, 1.82) is 0 Å². The maximum Gasteiger partial charge on any atom is 0.171 e. The van der Waals surface area contributed by atoms with Gasteiger partial charge in [-0.25, -0.2) is 0 Å². The van der Waals surface area contributed by atoms with Crippen molar-refractivity contribution in [2.45, 2.75) is 21.2 Å². The smallest absolute Gasteiger partial charge is 0.171 e. The quantitative estimate of drug-likeness (QED) is 0.614. The van der Waals surface area contributed by atoms with Crippen LogP contribution in [0, 0.1) is 0 Å². The van der Waals surface area contributed by atoms with Crippen LogP contribution in [0.4, 0.5) is 0 Å². The van der Waals surface area contributed by atoms with E-state index in [0.717, 1.165) is 32.8 Å². The summed E-state index contributed by atoms with van der Waals surface area (Å²) in [6, 6.07) is 30.7. The molecule has 4 rings (SSSR count). The number of rotatable bonds is 5. The predicted octanol–water partition coefficient (Wildman–Crippen LogP) is 4.61. The molecule has 0 saturated carbocycles. The van der Waals surface area contributed by atoms with Crippen LogP contribution in [0.25, 0.3) is 0 Å². The van der Waals surface area contributed by atoms with Gasteiger partial charge in [-0.05, 0) is 30.3 Å². The zero-order chi connectivity index (χ0) is 17.6. The van der Waals surface area contributed by atoms with Crippen LogP contribution in [0.15, 0.2) is 99.6 Å². The molecule has 3 heteroatoms. The van der Waals surface area contributed by atoms with Crippen LogP contribution >= 0.6 is 0 Å². The Morgan fingerprint density at radius 1 is 0.692 bits per heavy atom. The summed E-state index contributed by atoms with van der Waals surface area (Å²) in [5.74, 6) is 0. The highest BCUT2D eigenvalue weighted by Crippen LogP contribution is 2.33. The molecule has 1 aliphatic heterocycles. The fraction of sp³-hybridized carbons (Fsp3) is 0.217. The third-order valence-corrected chi connectivity index (χ3v) is 6.97. The van der Waals surface area contributed by atoms with Gasteiger partial charge in [0.05, 0.1) is 24.1 Å². The van der Waals surface area contributed by atoms with Crippen LogP contribution in [0.1, 0.15) is 5.56 Å². The summed E-state index contributed by atoms with van der Waals surface area (Å²) < 4.78 is 5.51. The second-order valence-electron chi connectivity index (χ2n) is 6.43. The highest BCUT2D eigenvalue weighted by Gasteiger charge is 2.31. The number of nitrogens with zero attached hydrogens (tertiary/aromatic N) is 1. The summed E-state index contributed by atoms with van der Waals surface area (Å²) in [6.45, 7) is 4.69. The average molecular weight is 363 g/mol. The van der Waals surface area contributed by atoms with Crippen molar-refractivity contribution in [2.75, 3.05) is 26.3 Å². The van der Waals surface area contributed by atoms with Gasteiger partial charge in [0, 0.05) is 25.2 Å². The SMILES string of the molecule is c1ccc([S+](c2ccccc2)c2ccccc2CN2CCOCC2)cc1. The molecule has 0 radical (unpaired) electrons. The van der Waals surface area contributed by atoms with Gasteiger partial charge in [-0.2, -0.15) is 0 Å². The normalized spacial score (nSPS) is 15.3. The molecular weight excluding hydrogens is 338 g/mol. The molecule has 0 aromatic heterocycles. The lowest BCUT2D eigenvalue weighted by molar-refractivity contribution is 0.0338. The van der Waals surface area contributed by atoms with E-state index in [1.54, 1.807) is 0 Å². The number of hydrogen-bond donors (Lipinski definition) is 0. The largest absolute Gasteiger partial charge is 0.379 e. The molecule has 0 atom stereocenters. The molecule has 3 aromatic rings. The van der Waals surface area contributed by atoms with Crippen LogP contribution in [0.2, 0.25) is 0 Å². The van der Waals surface area contributed by atoms with Gasteiger partial charge in [0.25, 0.3) is 0 Å². The molecule has 26 heavy (non-hydrogen) atoms. The Balaban J connectivity index is 1.74. The first kappa shape index (κ1) is 17.3. The van der Waals surface area contributed by atoms with E-state index in [-0.39, 0.29) is 10.9 Å². The Bertz CT molecular complexity index is 776. The van der Waals surface area contributed by atoms with Crippen LogP contribution < -0.4 is 0 Å². The topological polar surface area (TPSA) is 12.5 Å². The van der Waals surface area contributed by atoms with E-state index in [4.69, 9.17) is 4.74 Å². The highest BCUT2D eigenvalue weighted by atomic mass is 32.2. The third kappa shape index (κ3) is 4.01. The Labute approximate surface area is 158 Å². The summed E-state index contributed by atoms with van der Waals surface area (Å²) in [7, 11) is -0.0884. The summed E-state index contributed by atoms with van der Waals surface area (Å²) >= 11 is 0. The van der Waals surface area contributed by atoms with E-state index in [0.29, 0.717) is 0 Å². The predicted molar refractivity (Wildman–Crippen MR) is 108 cm³/mol. The summed E-state index contributed by atoms with van der Waals surface area (Å²) in [5.41, 5.74) is 1.42. The second-order valence-corrected chi connectivity index (χ2v) is 8.42. The van der Waals surface area contributed by atoms with Crippen molar-refractivity contribution in [1.82, 2.24) is 4.90 Å². The number of ether oxygens (including phenoxy) is 1. The molecule has 1 saturated heterocycles. The molecule has 1 aliphatic rings.